The van der Waals surface area contributed by atoms with Gasteiger partial charge in [-0.05, 0) is 31.2 Å². The van der Waals surface area contributed by atoms with Crippen LogP contribution in [0.15, 0.2) is 34.8 Å². The van der Waals surface area contributed by atoms with E-state index in [9.17, 15) is 9.90 Å². The molecule has 0 radical (unpaired) electrons. The number of ether oxygens (including phenoxy) is 1. The minimum atomic E-state index is -0.634. The standard InChI is InChI=1S/C13H14ClNO3/c1-8(15-2)11(13(17)18-3)12(16)9-4-6-10(14)7-5-9/h4-7,16H,1-3H3/b12-11+,15-8?. The molecule has 0 aromatic heterocycles. The number of carbonyl (C=O) groups is 1. The fourth-order valence-electron chi connectivity index (χ4n) is 1.38. The molecule has 0 saturated carbocycles. The van der Waals surface area contributed by atoms with Crippen molar-refractivity contribution >= 4 is 29.0 Å². The third kappa shape index (κ3) is 3.11. The highest BCUT2D eigenvalue weighted by Crippen LogP contribution is 2.20. The lowest BCUT2D eigenvalue weighted by molar-refractivity contribution is -0.135. The van der Waals surface area contributed by atoms with E-state index in [0.29, 0.717) is 16.3 Å². The summed E-state index contributed by atoms with van der Waals surface area (Å²) in [6, 6.07) is 6.48. The highest BCUT2D eigenvalue weighted by atomic mass is 35.5. The Labute approximate surface area is 111 Å². The highest BCUT2D eigenvalue weighted by molar-refractivity contribution is 6.30. The van der Waals surface area contributed by atoms with Gasteiger partial charge in [0.05, 0.1) is 7.11 Å². The van der Waals surface area contributed by atoms with Gasteiger partial charge in [-0.3, -0.25) is 4.99 Å². The average Bonchev–Trinajstić information content (AvgIpc) is 2.39. The Morgan fingerprint density at radius 2 is 1.89 bits per heavy atom. The zero-order valence-corrected chi connectivity index (χ0v) is 11.2. The number of hydrogen-bond acceptors (Lipinski definition) is 4. The zero-order chi connectivity index (χ0) is 13.7. The van der Waals surface area contributed by atoms with Crippen molar-refractivity contribution in [2.45, 2.75) is 6.92 Å². The number of aliphatic hydroxyl groups excluding tert-OH is 1. The van der Waals surface area contributed by atoms with E-state index in [0.717, 1.165) is 0 Å². The van der Waals surface area contributed by atoms with Crippen LogP contribution in [0.25, 0.3) is 5.76 Å². The first-order chi connectivity index (χ1) is 8.51. The molecular formula is C13H14ClNO3. The fraction of sp³-hybridized carbons (Fsp3) is 0.231. The van der Waals surface area contributed by atoms with Crippen molar-refractivity contribution in [1.82, 2.24) is 0 Å². The third-order valence-electron chi connectivity index (χ3n) is 2.44. The maximum Gasteiger partial charge on any atom is 0.343 e. The van der Waals surface area contributed by atoms with Crippen LogP contribution in [0, 0.1) is 0 Å². The molecule has 0 unspecified atom stereocenters. The maximum absolute atomic E-state index is 11.6. The molecule has 0 heterocycles. The number of hydrogen-bond donors (Lipinski definition) is 1. The number of esters is 1. The van der Waals surface area contributed by atoms with E-state index in [1.54, 1.807) is 31.2 Å². The summed E-state index contributed by atoms with van der Waals surface area (Å²) in [5.41, 5.74) is 0.916. The molecule has 0 amide bonds. The summed E-state index contributed by atoms with van der Waals surface area (Å²) in [7, 11) is 2.79. The number of halogens is 1. The normalized spacial score (nSPS) is 13.0. The number of methoxy groups -OCH3 is 1. The second-order valence-electron chi connectivity index (χ2n) is 3.53. The van der Waals surface area contributed by atoms with Crippen LogP contribution in [0.5, 0.6) is 0 Å². The van der Waals surface area contributed by atoms with Crippen molar-refractivity contribution < 1.29 is 14.6 Å². The van der Waals surface area contributed by atoms with E-state index in [1.165, 1.54) is 14.2 Å². The van der Waals surface area contributed by atoms with Gasteiger partial charge in [0, 0.05) is 23.3 Å². The van der Waals surface area contributed by atoms with Crippen molar-refractivity contribution in [3.63, 3.8) is 0 Å². The van der Waals surface area contributed by atoms with Crippen LogP contribution < -0.4 is 0 Å². The minimum Gasteiger partial charge on any atom is -0.506 e. The Balaban J connectivity index is 3.35. The van der Waals surface area contributed by atoms with Gasteiger partial charge in [-0.25, -0.2) is 4.79 Å². The predicted molar refractivity (Wildman–Crippen MR) is 72.0 cm³/mol. The van der Waals surface area contributed by atoms with E-state index in [2.05, 4.69) is 9.73 Å². The molecule has 5 heteroatoms. The Kier molecular flexibility index (Phi) is 4.92. The average molecular weight is 268 g/mol. The molecule has 1 aromatic carbocycles. The van der Waals surface area contributed by atoms with Gasteiger partial charge in [0.25, 0.3) is 0 Å². The van der Waals surface area contributed by atoms with Gasteiger partial charge < -0.3 is 9.84 Å². The van der Waals surface area contributed by atoms with E-state index >= 15 is 0 Å². The monoisotopic (exact) mass is 267 g/mol. The first-order valence-electron chi connectivity index (χ1n) is 5.22. The van der Waals surface area contributed by atoms with Crippen molar-refractivity contribution in [3.05, 3.63) is 40.4 Å². The third-order valence-corrected chi connectivity index (χ3v) is 2.69. The first kappa shape index (κ1) is 14.3. The van der Waals surface area contributed by atoms with Gasteiger partial charge in [-0.15, -0.1) is 0 Å². The van der Waals surface area contributed by atoms with Crippen LogP contribution in [0.4, 0.5) is 0 Å². The highest BCUT2D eigenvalue weighted by Gasteiger charge is 2.19. The van der Waals surface area contributed by atoms with Crippen molar-refractivity contribution in [2.75, 3.05) is 14.2 Å². The van der Waals surface area contributed by atoms with Crippen LogP contribution in [0.3, 0.4) is 0 Å². The van der Waals surface area contributed by atoms with E-state index in [4.69, 9.17) is 11.6 Å². The van der Waals surface area contributed by atoms with Crippen LogP contribution in [0.2, 0.25) is 5.02 Å². The molecule has 0 bridgehead atoms. The summed E-state index contributed by atoms with van der Waals surface area (Å²) in [6.07, 6.45) is 0. The van der Waals surface area contributed by atoms with Crippen molar-refractivity contribution in [2.24, 2.45) is 4.99 Å². The molecule has 0 fully saturated rings. The van der Waals surface area contributed by atoms with Crippen molar-refractivity contribution in [1.29, 1.82) is 0 Å². The Bertz CT molecular complexity index is 503. The molecule has 0 aliphatic rings. The van der Waals surface area contributed by atoms with E-state index in [1.807, 2.05) is 0 Å². The SMILES string of the molecule is CN=C(C)/C(C(=O)OC)=C(\O)c1ccc(Cl)cc1. The summed E-state index contributed by atoms with van der Waals surface area (Å²) in [5.74, 6) is -0.813. The van der Waals surface area contributed by atoms with Crippen LogP contribution >= 0.6 is 11.6 Å². The summed E-state index contributed by atoms with van der Waals surface area (Å²) in [4.78, 5) is 15.5. The fourth-order valence-corrected chi connectivity index (χ4v) is 1.51. The Morgan fingerprint density at radius 3 is 2.33 bits per heavy atom. The molecule has 4 nitrogen and oxygen atoms in total. The molecule has 0 spiro atoms. The van der Waals surface area contributed by atoms with E-state index in [-0.39, 0.29) is 11.3 Å². The quantitative estimate of drug-likeness (QED) is 0.396. The molecule has 1 aromatic rings. The lowest BCUT2D eigenvalue weighted by Gasteiger charge is -2.09. The smallest absolute Gasteiger partial charge is 0.343 e. The van der Waals surface area contributed by atoms with Crippen LogP contribution in [-0.4, -0.2) is 30.9 Å². The number of aliphatic hydroxyl groups is 1. The van der Waals surface area contributed by atoms with E-state index < -0.39 is 5.97 Å². The second kappa shape index (κ2) is 6.21. The van der Waals surface area contributed by atoms with Gasteiger partial charge in [0.2, 0.25) is 0 Å². The lowest BCUT2D eigenvalue weighted by atomic mass is 10.1. The molecule has 18 heavy (non-hydrogen) atoms. The molecule has 0 aliphatic carbocycles. The maximum atomic E-state index is 11.6. The largest absolute Gasteiger partial charge is 0.506 e. The Hall–Kier alpha value is -1.81. The molecular weight excluding hydrogens is 254 g/mol. The van der Waals surface area contributed by atoms with Gasteiger partial charge in [-0.1, -0.05) is 11.6 Å². The van der Waals surface area contributed by atoms with Crippen LogP contribution in [0.1, 0.15) is 12.5 Å². The van der Waals surface area contributed by atoms with Crippen molar-refractivity contribution in [3.8, 4) is 0 Å². The summed E-state index contributed by atoms with van der Waals surface area (Å²) in [6.45, 7) is 1.62. The minimum absolute atomic E-state index is 0.0438. The predicted octanol–water partition coefficient (Wildman–Crippen LogP) is 2.87. The number of carbonyl (C=O) groups excluding carboxylic acids is 1. The summed E-state index contributed by atoms with van der Waals surface area (Å²) < 4.78 is 4.64. The van der Waals surface area contributed by atoms with Crippen LogP contribution in [-0.2, 0) is 9.53 Å². The Morgan fingerprint density at radius 1 is 1.33 bits per heavy atom. The topological polar surface area (TPSA) is 58.9 Å². The number of benzene rings is 1. The van der Waals surface area contributed by atoms with Gasteiger partial charge in [0.15, 0.2) is 0 Å². The summed E-state index contributed by atoms with van der Waals surface area (Å²) in [5, 5.41) is 10.7. The molecule has 0 aliphatic heterocycles. The van der Waals surface area contributed by atoms with Gasteiger partial charge >= 0.3 is 5.97 Å². The number of nitrogens with zero attached hydrogens (tertiary/aromatic N) is 1. The van der Waals surface area contributed by atoms with Gasteiger partial charge in [-0.2, -0.15) is 0 Å². The molecule has 1 rings (SSSR count). The first-order valence-corrected chi connectivity index (χ1v) is 5.60. The zero-order valence-electron chi connectivity index (χ0n) is 10.4. The number of rotatable bonds is 3. The molecule has 0 atom stereocenters. The molecule has 96 valence electrons. The lowest BCUT2D eigenvalue weighted by Crippen LogP contribution is -2.14. The second-order valence-corrected chi connectivity index (χ2v) is 3.97. The number of aliphatic imine (C=N–C) groups is 1. The molecule has 0 saturated heterocycles. The summed E-state index contributed by atoms with van der Waals surface area (Å²) >= 11 is 5.76. The molecule has 1 N–H and O–H groups in total. The van der Waals surface area contributed by atoms with Gasteiger partial charge in [0.1, 0.15) is 11.3 Å².